The second-order valence-electron chi connectivity index (χ2n) is 6.61. The van der Waals surface area contributed by atoms with E-state index in [1.165, 1.54) is 36.0 Å². The number of rotatable bonds is 8. The number of nitrogens with one attached hydrogen (secondary N) is 2. The summed E-state index contributed by atoms with van der Waals surface area (Å²) in [5.74, 6) is 0.332. The lowest BCUT2D eigenvalue weighted by molar-refractivity contribution is -0.113. The highest BCUT2D eigenvalue weighted by Gasteiger charge is 2.15. The zero-order valence-corrected chi connectivity index (χ0v) is 17.9. The summed E-state index contributed by atoms with van der Waals surface area (Å²) in [4.78, 5) is 12.2. The minimum atomic E-state index is -3.72. The Balaban J connectivity index is 1.54. The molecule has 0 aromatic heterocycles. The van der Waals surface area contributed by atoms with E-state index in [1.54, 1.807) is 36.4 Å². The molecule has 0 aliphatic carbocycles. The predicted molar refractivity (Wildman–Crippen MR) is 120 cm³/mol. The van der Waals surface area contributed by atoms with Crippen LogP contribution >= 0.6 is 11.8 Å². The fraction of sp³-hybridized carbons (Fsp3) is 0.136. The van der Waals surface area contributed by atoms with Crippen LogP contribution in [0.2, 0.25) is 0 Å². The van der Waals surface area contributed by atoms with Crippen molar-refractivity contribution in [2.75, 3.05) is 15.8 Å². The second-order valence-corrected chi connectivity index (χ2v) is 9.28. The molecule has 0 spiro atoms. The monoisotopic (exact) mass is 444 g/mol. The van der Waals surface area contributed by atoms with Gasteiger partial charge in [-0.3, -0.25) is 9.52 Å². The Morgan fingerprint density at radius 2 is 1.63 bits per heavy atom. The number of anilines is 2. The van der Waals surface area contributed by atoms with Crippen LogP contribution in [0.25, 0.3) is 0 Å². The third-order valence-electron chi connectivity index (χ3n) is 4.25. The number of benzene rings is 3. The van der Waals surface area contributed by atoms with Crippen LogP contribution in [0.3, 0.4) is 0 Å². The van der Waals surface area contributed by atoms with Crippen LogP contribution in [0.5, 0.6) is 0 Å². The topological polar surface area (TPSA) is 75.3 Å². The first-order chi connectivity index (χ1) is 14.3. The van der Waals surface area contributed by atoms with E-state index in [2.05, 4.69) is 10.0 Å². The summed E-state index contributed by atoms with van der Waals surface area (Å²) in [5.41, 5.74) is 2.79. The summed E-state index contributed by atoms with van der Waals surface area (Å²) >= 11 is 1.41. The minimum Gasteiger partial charge on any atom is -0.325 e. The Hall–Kier alpha value is -2.84. The Bertz CT molecular complexity index is 1120. The number of thioether (sulfide) groups is 1. The van der Waals surface area contributed by atoms with Crippen molar-refractivity contribution < 1.29 is 17.6 Å². The van der Waals surface area contributed by atoms with Crippen molar-refractivity contribution in [2.45, 2.75) is 17.6 Å². The molecule has 3 aromatic carbocycles. The third-order valence-corrected chi connectivity index (χ3v) is 6.64. The van der Waals surface area contributed by atoms with Gasteiger partial charge in [0.1, 0.15) is 5.82 Å². The molecular formula is C22H21FN2O3S2. The lowest BCUT2D eigenvalue weighted by Crippen LogP contribution is -2.15. The Morgan fingerprint density at radius 3 is 2.30 bits per heavy atom. The molecule has 0 bridgehead atoms. The fourth-order valence-corrected chi connectivity index (χ4v) is 4.57. The van der Waals surface area contributed by atoms with E-state index in [-0.39, 0.29) is 22.4 Å². The molecule has 5 nitrogen and oxygen atoms in total. The van der Waals surface area contributed by atoms with Crippen molar-refractivity contribution in [2.24, 2.45) is 0 Å². The molecule has 0 unspecified atom stereocenters. The number of halogens is 1. The first kappa shape index (κ1) is 21.9. The quantitative estimate of drug-likeness (QED) is 0.523. The zero-order valence-electron chi connectivity index (χ0n) is 16.3. The van der Waals surface area contributed by atoms with Crippen LogP contribution in [-0.2, 0) is 20.6 Å². The Kier molecular flexibility index (Phi) is 7.12. The van der Waals surface area contributed by atoms with Gasteiger partial charge in [-0.25, -0.2) is 12.8 Å². The Morgan fingerprint density at radius 1 is 0.967 bits per heavy atom. The highest BCUT2D eigenvalue weighted by molar-refractivity contribution is 7.99. The molecule has 0 aliphatic rings. The van der Waals surface area contributed by atoms with Crippen LogP contribution in [-0.4, -0.2) is 20.1 Å². The minimum absolute atomic E-state index is 0.106. The van der Waals surface area contributed by atoms with E-state index >= 15 is 0 Å². The summed E-state index contributed by atoms with van der Waals surface area (Å²) < 4.78 is 40.6. The van der Waals surface area contributed by atoms with Gasteiger partial charge in [-0.05, 0) is 60.5 Å². The van der Waals surface area contributed by atoms with Gasteiger partial charge in [0.15, 0.2) is 0 Å². The van der Waals surface area contributed by atoms with Crippen molar-refractivity contribution in [3.05, 3.63) is 89.7 Å². The van der Waals surface area contributed by atoms with E-state index in [9.17, 15) is 17.6 Å². The summed E-state index contributed by atoms with van der Waals surface area (Å²) in [7, 11) is -3.72. The standard InChI is InChI=1S/C22H21FN2O3S2/c1-16-4-2-3-5-21(16)25-30(27,28)20-12-10-19(11-13-20)24-22(26)15-29-14-17-6-8-18(23)9-7-17/h2-13,25H,14-15H2,1H3,(H,24,26). The zero-order chi connectivity index (χ0) is 21.6. The smallest absolute Gasteiger partial charge is 0.261 e. The lowest BCUT2D eigenvalue weighted by atomic mass is 10.2. The van der Waals surface area contributed by atoms with Gasteiger partial charge in [0.25, 0.3) is 10.0 Å². The van der Waals surface area contributed by atoms with E-state index in [1.807, 2.05) is 19.1 Å². The highest BCUT2D eigenvalue weighted by Crippen LogP contribution is 2.21. The van der Waals surface area contributed by atoms with Crippen molar-refractivity contribution >= 4 is 39.1 Å². The van der Waals surface area contributed by atoms with Gasteiger partial charge in [0.05, 0.1) is 16.3 Å². The molecule has 3 rings (SSSR count). The molecule has 3 aromatic rings. The number of aryl methyl sites for hydroxylation is 1. The molecule has 2 N–H and O–H groups in total. The molecule has 1 amide bonds. The third kappa shape index (κ3) is 6.08. The number of hydrogen-bond donors (Lipinski definition) is 2. The molecule has 0 heterocycles. The average molecular weight is 445 g/mol. The number of amides is 1. The predicted octanol–water partition coefficient (Wildman–Crippen LogP) is 4.81. The van der Waals surface area contributed by atoms with E-state index in [4.69, 9.17) is 0 Å². The SMILES string of the molecule is Cc1ccccc1NS(=O)(=O)c1ccc(NC(=O)CSCc2ccc(F)cc2)cc1. The van der Waals surface area contributed by atoms with Gasteiger partial charge in [-0.1, -0.05) is 30.3 Å². The largest absolute Gasteiger partial charge is 0.325 e. The highest BCUT2D eigenvalue weighted by atomic mass is 32.2. The number of sulfonamides is 1. The summed E-state index contributed by atoms with van der Waals surface area (Å²) in [6.07, 6.45) is 0. The lowest BCUT2D eigenvalue weighted by Gasteiger charge is -2.11. The Labute approximate surface area is 179 Å². The first-order valence-corrected chi connectivity index (χ1v) is 11.8. The summed E-state index contributed by atoms with van der Waals surface area (Å²) in [5, 5.41) is 2.74. The van der Waals surface area contributed by atoms with Crippen LogP contribution in [0.1, 0.15) is 11.1 Å². The van der Waals surface area contributed by atoms with Crippen LogP contribution in [0, 0.1) is 12.7 Å². The van der Waals surface area contributed by atoms with Gasteiger partial charge in [-0.15, -0.1) is 11.8 Å². The number of carbonyl (C=O) groups excluding carboxylic acids is 1. The molecule has 156 valence electrons. The van der Waals surface area contributed by atoms with Gasteiger partial charge in [0.2, 0.25) is 5.91 Å². The fourth-order valence-electron chi connectivity index (χ4n) is 2.65. The van der Waals surface area contributed by atoms with Crippen LogP contribution < -0.4 is 10.0 Å². The van der Waals surface area contributed by atoms with E-state index < -0.39 is 10.0 Å². The van der Waals surface area contributed by atoms with Crippen molar-refractivity contribution in [1.82, 2.24) is 0 Å². The van der Waals surface area contributed by atoms with Crippen molar-refractivity contribution in [3.8, 4) is 0 Å². The molecule has 8 heteroatoms. The molecule has 0 fully saturated rings. The van der Waals surface area contributed by atoms with Crippen LogP contribution in [0.4, 0.5) is 15.8 Å². The first-order valence-electron chi connectivity index (χ1n) is 9.14. The number of hydrogen-bond acceptors (Lipinski definition) is 4. The summed E-state index contributed by atoms with van der Waals surface area (Å²) in [6, 6.07) is 19.3. The average Bonchev–Trinajstić information content (AvgIpc) is 2.71. The van der Waals surface area contributed by atoms with Crippen LogP contribution in [0.15, 0.2) is 77.7 Å². The van der Waals surface area contributed by atoms with Gasteiger partial charge in [0, 0.05) is 11.4 Å². The van der Waals surface area contributed by atoms with Gasteiger partial charge in [-0.2, -0.15) is 0 Å². The molecule has 0 saturated heterocycles. The molecule has 0 radical (unpaired) electrons. The van der Waals surface area contributed by atoms with E-state index in [0.29, 0.717) is 17.1 Å². The van der Waals surface area contributed by atoms with Gasteiger partial charge >= 0.3 is 0 Å². The van der Waals surface area contributed by atoms with Gasteiger partial charge < -0.3 is 5.32 Å². The molecule has 30 heavy (non-hydrogen) atoms. The molecule has 0 atom stereocenters. The van der Waals surface area contributed by atoms with Crippen molar-refractivity contribution in [1.29, 1.82) is 0 Å². The molecule has 0 aliphatic heterocycles. The maximum Gasteiger partial charge on any atom is 0.261 e. The molecular weight excluding hydrogens is 423 g/mol. The number of para-hydroxylation sites is 1. The van der Waals surface area contributed by atoms with Crippen molar-refractivity contribution in [3.63, 3.8) is 0 Å². The maximum atomic E-state index is 12.9. The second kappa shape index (κ2) is 9.77. The number of carbonyl (C=O) groups is 1. The molecule has 0 saturated carbocycles. The normalized spacial score (nSPS) is 11.1. The van der Waals surface area contributed by atoms with E-state index in [0.717, 1.165) is 11.1 Å². The maximum absolute atomic E-state index is 12.9. The summed E-state index contributed by atoms with van der Waals surface area (Å²) in [6.45, 7) is 1.82.